The summed E-state index contributed by atoms with van der Waals surface area (Å²) in [6, 6.07) is 3.99. The van der Waals surface area contributed by atoms with Crippen LogP contribution in [0.5, 0.6) is 0 Å². The van der Waals surface area contributed by atoms with Crippen molar-refractivity contribution in [3.05, 3.63) is 46.2 Å². The van der Waals surface area contributed by atoms with E-state index in [2.05, 4.69) is 26.3 Å². The van der Waals surface area contributed by atoms with Gasteiger partial charge < -0.3 is 10.4 Å². The van der Waals surface area contributed by atoms with Gasteiger partial charge in [0, 0.05) is 28.5 Å². The molecule has 0 saturated carbocycles. The van der Waals surface area contributed by atoms with Crippen LogP contribution in [0.3, 0.4) is 0 Å². The average molecular weight is 364 g/mol. The number of alkyl halides is 3. The van der Waals surface area contributed by atoms with Gasteiger partial charge in [-0.3, -0.25) is 4.68 Å². The van der Waals surface area contributed by atoms with Crippen LogP contribution in [0.25, 0.3) is 0 Å². The number of benzene rings is 1. The molecule has 1 aromatic heterocycles. The Bertz CT molecular complexity index is 613. The summed E-state index contributed by atoms with van der Waals surface area (Å²) in [5, 5.41) is 15.7. The molecule has 0 aliphatic carbocycles. The summed E-state index contributed by atoms with van der Waals surface area (Å²) in [5.74, 6) is 0. The quantitative estimate of drug-likeness (QED) is 0.856. The molecule has 0 aliphatic heterocycles. The van der Waals surface area contributed by atoms with Crippen LogP contribution in [0.1, 0.15) is 11.1 Å². The lowest BCUT2D eigenvalue weighted by atomic mass is 10.2. The third-order valence-electron chi connectivity index (χ3n) is 2.78. The lowest BCUT2D eigenvalue weighted by Crippen LogP contribution is -2.07. The number of nitrogens with zero attached hydrogens (tertiary/aromatic N) is 2. The molecular weight excluding hydrogens is 351 g/mol. The standard InChI is InChI=1S/C13H13BrF3N3O/c14-12-2-1-10(5-11(12)13(15,16)17)18-6-9-7-19-20(8-9)3-4-21/h1-2,5,7-8,18,21H,3-4,6H2. The fourth-order valence-electron chi connectivity index (χ4n) is 1.78. The highest BCUT2D eigenvalue weighted by molar-refractivity contribution is 9.10. The fourth-order valence-corrected chi connectivity index (χ4v) is 2.25. The van der Waals surface area contributed by atoms with E-state index in [9.17, 15) is 13.2 Å². The van der Waals surface area contributed by atoms with Gasteiger partial charge in [0.25, 0.3) is 0 Å². The molecule has 21 heavy (non-hydrogen) atoms. The third kappa shape index (κ3) is 4.21. The van der Waals surface area contributed by atoms with Crippen LogP contribution in [0.2, 0.25) is 0 Å². The van der Waals surface area contributed by atoms with Crippen molar-refractivity contribution in [1.82, 2.24) is 9.78 Å². The molecule has 0 amide bonds. The van der Waals surface area contributed by atoms with Crippen molar-refractivity contribution >= 4 is 21.6 Å². The number of aliphatic hydroxyl groups is 1. The van der Waals surface area contributed by atoms with E-state index in [4.69, 9.17) is 5.11 Å². The second-order valence-corrected chi connectivity index (χ2v) is 5.24. The van der Waals surface area contributed by atoms with E-state index in [0.717, 1.165) is 11.6 Å². The normalized spacial score (nSPS) is 11.7. The molecule has 0 bridgehead atoms. The molecule has 2 rings (SSSR count). The van der Waals surface area contributed by atoms with Gasteiger partial charge in [0.1, 0.15) is 0 Å². The van der Waals surface area contributed by atoms with Crippen LogP contribution >= 0.6 is 15.9 Å². The Morgan fingerprint density at radius 2 is 2.10 bits per heavy atom. The Hall–Kier alpha value is -1.54. The zero-order valence-electron chi connectivity index (χ0n) is 10.9. The Balaban J connectivity index is 2.06. The molecule has 2 N–H and O–H groups in total. The summed E-state index contributed by atoms with van der Waals surface area (Å²) in [6.07, 6.45) is -1.07. The Morgan fingerprint density at radius 1 is 1.33 bits per heavy atom. The molecule has 0 atom stereocenters. The molecule has 0 unspecified atom stereocenters. The summed E-state index contributed by atoms with van der Waals surface area (Å²) >= 11 is 2.90. The average Bonchev–Trinajstić information content (AvgIpc) is 2.85. The number of aliphatic hydroxyl groups excluding tert-OH is 1. The summed E-state index contributed by atoms with van der Waals surface area (Å²) in [7, 11) is 0. The van der Waals surface area contributed by atoms with Crippen molar-refractivity contribution in [3.63, 3.8) is 0 Å². The number of aromatic nitrogens is 2. The highest BCUT2D eigenvalue weighted by atomic mass is 79.9. The Kier molecular flexibility index (Phi) is 4.89. The van der Waals surface area contributed by atoms with Gasteiger partial charge in [-0.2, -0.15) is 18.3 Å². The minimum Gasteiger partial charge on any atom is -0.394 e. The first-order chi connectivity index (χ1) is 9.90. The number of hydrogen-bond donors (Lipinski definition) is 2. The van der Waals surface area contributed by atoms with Crippen LogP contribution in [0.15, 0.2) is 35.1 Å². The number of nitrogens with one attached hydrogen (secondary N) is 1. The molecule has 0 radical (unpaired) electrons. The molecule has 0 spiro atoms. The zero-order chi connectivity index (χ0) is 15.5. The molecule has 114 valence electrons. The van der Waals surface area contributed by atoms with E-state index in [1.54, 1.807) is 23.1 Å². The number of rotatable bonds is 5. The lowest BCUT2D eigenvalue weighted by molar-refractivity contribution is -0.138. The predicted molar refractivity (Wildman–Crippen MR) is 75.8 cm³/mol. The predicted octanol–water partition coefficient (Wildman–Crippen LogP) is 3.27. The van der Waals surface area contributed by atoms with E-state index in [1.807, 2.05) is 0 Å². The van der Waals surface area contributed by atoms with Gasteiger partial charge in [-0.1, -0.05) is 15.9 Å². The number of halogens is 4. The van der Waals surface area contributed by atoms with E-state index in [-0.39, 0.29) is 11.1 Å². The van der Waals surface area contributed by atoms with Gasteiger partial charge in [-0.25, -0.2) is 0 Å². The first-order valence-electron chi connectivity index (χ1n) is 6.13. The van der Waals surface area contributed by atoms with Crippen molar-refractivity contribution in [2.24, 2.45) is 0 Å². The molecule has 1 heterocycles. The molecule has 2 aromatic rings. The highest BCUT2D eigenvalue weighted by Gasteiger charge is 2.33. The first-order valence-corrected chi connectivity index (χ1v) is 6.92. The molecule has 0 fully saturated rings. The van der Waals surface area contributed by atoms with Crippen molar-refractivity contribution in [2.75, 3.05) is 11.9 Å². The van der Waals surface area contributed by atoms with E-state index < -0.39 is 11.7 Å². The zero-order valence-corrected chi connectivity index (χ0v) is 12.4. The van der Waals surface area contributed by atoms with Crippen molar-refractivity contribution in [2.45, 2.75) is 19.3 Å². The largest absolute Gasteiger partial charge is 0.417 e. The van der Waals surface area contributed by atoms with Crippen LogP contribution < -0.4 is 5.32 Å². The maximum atomic E-state index is 12.8. The van der Waals surface area contributed by atoms with Gasteiger partial charge in [-0.15, -0.1) is 0 Å². The molecule has 0 aliphatic rings. The van der Waals surface area contributed by atoms with Crippen LogP contribution in [0.4, 0.5) is 18.9 Å². The molecule has 8 heteroatoms. The second-order valence-electron chi connectivity index (χ2n) is 4.38. The maximum Gasteiger partial charge on any atom is 0.417 e. The summed E-state index contributed by atoms with van der Waals surface area (Å²) in [5.41, 5.74) is 0.476. The maximum absolute atomic E-state index is 12.8. The van der Waals surface area contributed by atoms with Gasteiger partial charge in [0.15, 0.2) is 0 Å². The molecular formula is C13H13BrF3N3O. The Labute approximate surface area is 127 Å². The van der Waals surface area contributed by atoms with Gasteiger partial charge in [-0.05, 0) is 18.2 Å². The third-order valence-corrected chi connectivity index (χ3v) is 3.48. The second kappa shape index (κ2) is 6.48. The minimum absolute atomic E-state index is 0.0105. The van der Waals surface area contributed by atoms with Gasteiger partial charge in [0.05, 0.1) is 24.9 Å². The molecule has 4 nitrogen and oxygen atoms in total. The van der Waals surface area contributed by atoms with Gasteiger partial charge in [0.2, 0.25) is 0 Å². The monoisotopic (exact) mass is 363 g/mol. The fraction of sp³-hybridized carbons (Fsp3) is 0.308. The molecule has 1 aromatic carbocycles. The summed E-state index contributed by atoms with van der Waals surface area (Å²) in [6.45, 7) is 0.719. The van der Waals surface area contributed by atoms with Crippen molar-refractivity contribution in [1.29, 1.82) is 0 Å². The van der Waals surface area contributed by atoms with Crippen LogP contribution in [0, 0.1) is 0 Å². The van der Waals surface area contributed by atoms with Crippen molar-refractivity contribution < 1.29 is 18.3 Å². The summed E-state index contributed by atoms with van der Waals surface area (Å²) < 4.78 is 39.9. The van der Waals surface area contributed by atoms with E-state index in [1.165, 1.54) is 6.07 Å². The first kappa shape index (κ1) is 15.8. The van der Waals surface area contributed by atoms with Crippen molar-refractivity contribution in [3.8, 4) is 0 Å². The number of hydrogen-bond acceptors (Lipinski definition) is 3. The topological polar surface area (TPSA) is 50.1 Å². The van der Waals surface area contributed by atoms with E-state index in [0.29, 0.717) is 18.8 Å². The minimum atomic E-state index is -4.40. The smallest absolute Gasteiger partial charge is 0.394 e. The SMILES string of the molecule is OCCn1cc(CNc2ccc(Br)c(C(F)(F)F)c2)cn1. The lowest BCUT2D eigenvalue weighted by Gasteiger charge is -2.12. The van der Waals surface area contributed by atoms with Crippen LogP contribution in [-0.4, -0.2) is 21.5 Å². The van der Waals surface area contributed by atoms with Gasteiger partial charge >= 0.3 is 6.18 Å². The number of anilines is 1. The Morgan fingerprint density at radius 3 is 2.76 bits per heavy atom. The van der Waals surface area contributed by atoms with Crippen LogP contribution in [-0.2, 0) is 19.3 Å². The molecule has 0 saturated heterocycles. The summed E-state index contributed by atoms with van der Waals surface area (Å²) in [4.78, 5) is 0. The van der Waals surface area contributed by atoms with E-state index >= 15 is 0 Å². The highest BCUT2D eigenvalue weighted by Crippen LogP contribution is 2.36.